The summed E-state index contributed by atoms with van der Waals surface area (Å²) in [7, 11) is 0. The minimum Gasteiger partial charge on any atom is -0.486 e. The summed E-state index contributed by atoms with van der Waals surface area (Å²) >= 11 is 0. The van der Waals surface area contributed by atoms with Crippen LogP contribution in [0.4, 0.5) is 8.78 Å². The highest BCUT2D eigenvalue weighted by Crippen LogP contribution is 2.22. The number of hydrogen-bond donors (Lipinski definition) is 0. The van der Waals surface area contributed by atoms with Gasteiger partial charge in [-0.05, 0) is 26.2 Å². The zero-order valence-corrected chi connectivity index (χ0v) is 9.99. The summed E-state index contributed by atoms with van der Waals surface area (Å²) in [5.41, 5.74) is -1.02. The molecule has 1 saturated heterocycles. The fraction of sp³-hybridized carbons (Fsp3) is 0.636. The molecule has 0 radical (unpaired) electrons. The van der Waals surface area contributed by atoms with Gasteiger partial charge in [0, 0.05) is 6.61 Å². The van der Waals surface area contributed by atoms with Crippen LogP contribution in [0, 0.1) is 11.8 Å². The quantitative estimate of drug-likeness (QED) is 0.828. The van der Waals surface area contributed by atoms with E-state index in [4.69, 9.17) is 9.47 Å². The van der Waals surface area contributed by atoms with Crippen molar-refractivity contribution >= 4 is 0 Å². The molecule has 1 aromatic heterocycles. The van der Waals surface area contributed by atoms with Crippen LogP contribution < -0.4 is 10.3 Å². The van der Waals surface area contributed by atoms with E-state index in [0.717, 1.165) is 12.8 Å². The van der Waals surface area contributed by atoms with Crippen molar-refractivity contribution in [3.8, 4) is 5.75 Å². The van der Waals surface area contributed by atoms with E-state index in [0.29, 0.717) is 17.7 Å². The van der Waals surface area contributed by atoms with Gasteiger partial charge < -0.3 is 9.47 Å². The fourth-order valence-corrected chi connectivity index (χ4v) is 1.85. The van der Waals surface area contributed by atoms with Gasteiger partial charge in [-0.1, -0.05) is 0 Å². The maximum Gasteiger partial charge on any atom is 0.309 e. The molecule has 0 saturated carbocycles. The first kappa shape index (κ1) is 12.9. The molecule has 0 aliphatic carbocycles. The Labute approximate surface area is 102 Å². The number of aromatic nitrogens is 2. The lowest BCUT2D eigenvalue weighted by Crippen LogP contribution is -2.34. The Hall–Kier alpha value is -1.50. The maximum absolute atomic E-state index is 13.7. The van der Waals surface area contributed by atoms with E-state index < -0.39 is 29.3 Å². The van der Waals surface area contributed by atoms with Crippen LogP contribution in [0.25, 0.3) is 0 Å². The second-order valence-electron chi connectivity index (χ2n) is 3.94. The Morgan fingerprint density at radius 3 is 2.89 bits per heavy atom. The van der Waals surface area contributed by atoms with Crippen molar-refractivity contribution < 1.29 is 18.3 Å². The van der Waals surface area contributed by atoms with Crippen LogP contribution in [-0.2, 0) is 4.74 Å². The third kappa shape index (κ3) is 2.35. The zero-order chi connectivity index (χ0) is 13.1. The number of ether oxygens (including phenoxy) is 2. The molecule has 1 atom stereocenters. The lowest BCUT2D eigenvalue weighted by atomic mass is 10.2. The van der Waals surface area contributed by atoms with Crippen LogP contribution >= 0.6 is 0 Å². The summed E-state index contributed by atoms with van der Waals surface area (Å²) in [4.78, 5) is 11.7. The minimum absolute atomic E-state index is 0.0545. The summed E-state index contributed by atoms with van der Waals surface area (Å²) in [5.74, 6) is -3.13. The molecule has 1 unspecified atom stereocenters. The van der Waals surface area contributed by atoms with Crippen molar-refractivity contribution in [1.29, 1.82) is 0 Å². The second kappa shape index (κ2) is 5.43. The van der Waals surface area contributed by atoms with Crippen LogP contribution in [0.3, 0.4) is 0 Å². The number of nitrogens with zero attached hydrogens (tertiary/aromatic N) is 2. The van der Waals surface area contributed by atoms with Gasteiger partial charge in [-0.3, -0.25) is 4.79 Å². The van der Waals surface area contributed by atoms with E-state index in [2.05, 4.69) is 5.10 Å². The first-order valence-corrected chi connectivity index (χ1v) is 5.87. The van der Waals surface area contributed by atoms with E-state index in [9.17, 15) is 13.6 Å². The molecule has 1 fully saturated rings. The van der Waals surface area contributed by atoms with Crippen LogP contribution in [-0.4, -0.2) is 23.0 Å². The molecule has 2 rings (SSSR count). The average Bonchev–Trinajstić information content (AvgIpc) is 2.40. The van der Waals surface area contributed by atoms with Crippen molar-refractivity contribution in [2.45, 2.75) is 32.4 Å². The van der Waals surface area contributed by atoms with Gasteiger partial charge in [0.15, 0.2) is 6.23 Å². The van der Waals surface area contributed by atoms with Crippen molar-refractivity contribution in [3.05, 3.63) is 22.1 Å². The van der Waals surface area contributed by atoms with E-state index in [-0.39, 0.29) is 6.61 Å². The SMILES string of the molecule is CCOc1c(F)nn(C2CCCCO2)c(=O)c1F. The standard InChI is InChI=1S/C11H14F2N2O3/c1-2-17-9-8(12)11(16)15(14-10(9)13)7-5-3-4-6-18-7/h7H,2-6H2,1H3. The normalized spacial score (nSPS) is 19.8. The Bertz CT molecular complexity index is 484. The Kier molecular flexibility index (Phi) is 3.90. The predicted octanol–water partition coefficient (Wildman–Crippen LogP) is 1.62. The molecule has 1 aromatic rings. The molecular formula is C11H14F2N2O3. The first-order chi connectivity index (χ1) is 8.65. The van der Waals surface area contributed by atoms with E-state index in [1.54, 1.807) is 6.92 Å². The molecule has 0 spiro atoms. The molecule has 5 nitrogen and oxygen atoms in total. The summed E-state index contributed by atoms with van der Waals surface area (Å²) in [6.45, 7) is 2.07. The molecule has 0 N–H and O–H groups in total. The summed E-state index contributed by atoms with van der Waals surface area (Å²) < 4.78 is 37.9. The van der Waals surface area contributed by atoms with Crippen LogP contribution in [0.2, 0.25) is 0 Å². The topological polar surface area (TPSA) is 53.4 Å². The maximum atomic E-state index is 13.7. The van der Waals surface area contributed by atoms with E-state index >= 15 is 0 Å². The van der Waals surface area contributed by atoms with Gasteiger partial charge in [-0.25, -0.2) is 0 Å². The summed E-state index contributed by atoms with van der Waals surface area (Å²) in [6.07, 6.45) is 1.51. The summed E-state index contributed by atoms with van der Waals surface area (Å²) in [5, 5.41) is 3.42. The highest BCUT2D eigenvalue weighted by Gasteiger charge is 2.24. The summed E-state index contributed by atoms with van der Waals surface area (Å²) in [6, 6.07) is 0. The lowest BCUT2D eigenvalue weighted by molar-refractivity contribution is -0.0449. The first-order valence-electron chi connectivity index (χ1n) is 5.87. The van der Waals surface area contributed by atoms with Gasteiger partial charge in [0.2, 0.25) is 11.6 Å². The van der Waals surface area contributed by atoms with Crippen molar-refractivity contribution in [2.24, 2.45) is 0 Å². The van der Waals surface area contributed by atoms with Crippen molar-refractivity contribution in [3.63, 3.8) is 0 Å². The molecular weight excluding hydrogens is 246 g/mol. The number of halogens is 2. The van der Waals surface area contributed by atoms with Crippen LogP contribution in [0.15, 0.2) is 4.79 Å². The minimum atomic E-state index is -1.27. The second-order valence-corrected chi connectivity index (χ2v) is 3.94. The van der Waals surface area contributed by atoms with Gasteiger partial charge >= 0.3 is 5.56 Å². The fourth-order valence-electron chi connectivity index (χ4n) is 1.85. The molecule has 18 heavy (non-hydrogen) atoms. The Morgan fingerprint density at radius 2 is 2.28 bits per heavy atom. The van der Waals surface area contributed by atoms with Gasteiger partial charge in [0.05, 0.1) is 6.61 Å². The number of hydrogen-bond acceptors (Lipinski definition) is 4. The zero-order valence-electron chi connectivity index (χ0n) is 9.99. The largest absolute Gasteiger partial charge is 0.486 e. The molecule has 2 heterocycles. The van der Waals surface area contributed by atoms with Gasteiger partial charge in [0.1, 0.15) is 0 Å². The van der Waals surface area contributed by atoms with E-state index in [1.165, 1.54) is 0 Å². The Balaban J connectivity index is 2.40. The molecule has 0 amide bonds. The van der Waals surface area contributed by atoms with Gasteiger partial charge in [-0.15, -0.1) is 5.10 Å². The third-order valence-electron chi connectivity index (χ3n) is 2.70. The smallest absolute Gasteiger partial charge is 0.309 e. The van der Waals surface area contributed by atoms with Gasteiger partial charge in [-0.2, -0.15) is 13.5 Å². The predicted molar refractivity (Wildman–Crippen MR) is 58.4 cm³/mol. The average molecular weight is 260 g/mol. The van der Waals surface area contributed by atoms with Crippen LogP contribution in [0.1, 0.15) is 32.4 Å². The van der Waals surface area contributed by atoms with Crippen LogP contribution in [0.5, 0.6) is 5.75 Å². The molecule has 1 aliphatic rings. The van der Waals surface area contributed by atoms with Crippen molar-refractivity contribution in [2.75, 3.05) is 13.2 Å². The van der Waals surface area contributed by atoms with Crippen molar-refractivity contribution in [1.82, 2.24) is 9.78 Å². The molecule has 7 heteroatoms. The lowest BCUT2D eigenvalue weighted by Gasteiger charge is -2.23. The Morgan fingerprint density at radius 1 is 1.50 bits per heavy atom. The van der Waals surface area contributed by atoms with Gasteiger partial charge in [0.25, 0.3) is 5.95 Å². The monoisotopic (exact) mass is 260 g/mol. The third-order valence-corrected chi connectivity index (χ3v) is 2.70. The van der Waals surface area contributed by atoms with E-state index in [1.807, 2.05) is 0 Å². The molecule has 0 aromatic carbocycles. The highest BCUT2D eigenvalue weighted by atomic mass is 19.1. The molecule has 0 bridgehead atoms. The molecule has 1 aliphatic heterocycles. The molecule has 100 valence electrons. The number of rotatable bonds is 3. The highest BCUT2D eigenvalue weighted by molar-refractivity contribution is 5.19.